The fraction of sp³-hybridized carbons (Fsp3) is 1.00. The molecule has 23 heavy (non-hydrogen) atoms. The molecular formula is C18H36NO4+. The van der Waals surface area contributed by atoms with Crippen LogP contribution in [0.1, 0.15) is 67.2 Å². The lowest BCUT2D eigenvalue weighted by Gasteiger charge is -2.60. The maximum Gasteiger partial charge on any atom is 0.174 e. The number of hydrogen-bond donors (Lipinski definition) is 1. The van der Waals surface area contributed by atoms with E-state index in [2.05, 4.69) is 41.5 Å². The molecule has 5 nitrogen and oxygen atoms in total. The van der Waals surface area contributed by atoms with E-state index in [1.165, 1.54) is 0 Å². The van der Waals surface area contributed by atoms with Crippen molar-refractivity contribution < 1.29 is 19.8 Å². The van der Waals surface area contributed by atoms with Crippen molar-refractivity contribution in [3.63, 3.8) is 0 Å². The van der Waals surface area contributed by atoms with E-state index >= 15 is 0 Å². The largest absolute Gasteiger partial charge is 0.396 e. The zero-order chi connectivity index (χ0) is 17.5. The molecule has 0 aromatic rings. The van der Waals surface area contributed by atoms with Gasteiger partial charge in [-0.15, -0.1) is 0 Å². The molecule has 3 unspecified atom stereocenters. The fourth-order valence-corrected chi connectivity index (χ4v) is 4.19. The number of hydroxylamine groups is 2. The van der Waals surface area contributed by atoms with Gasteiger partial charge in [-0.3, -0.25) is 0 Å². The van der Waals surface area contributed by atoms with E-state index in [0.717, 1.165) is 19.3 Å². The van der Waals surface area contributed by atoms with E-state index in [4.69, 9.17) is 14.7 Å². The van der Waals surface area contributed by atoms with E-state index < -0.39 is 5.79 Å². The fourth-order valence-electron chi connectivity index (χ4n) is 4.19. The standard InChI is InChI=1S/C18H35NO4/c1-7-15(5)10-18(14(4)16(6,8-2)19(15)21)22-12-17(9-3,11-20)13-23-18/h14,20-21H,7-13H2,1-6H3/p+1. The number of rotatable bonds is 4. The molecule has 2 fully saturated rings. The number of aliphatic hydroxyl groups excluding tert-OH is 1. The number of nitrogens with zero attached hydrogens (tertiary/aromatic N) is 1. The third kappa shape index (κ3) is 2.74. The summed E-state index contributed by atoms with van der Waals surface area (Å²) in [5.74, 6) is -0.563. The Kier molecular flexibility index (Phi) is 5.21. The van der Waals surface area contributed by atoms with Crippen molar-refractivity contribution in [2.24, 2.45) is 11.3 Å². The van der Waals surface area contributed by atoms with E-state index in [1.54, 1.807) is 5.06 Å². The second kappa shape index (κ2) is 6.26. The van der Waals surface area contributed by atoms with Crippen molar-refractivity contribution in [1.82, 2.24) is 5.06 Å². The molecular weight excluding hydrogens is 294 g/mol. The molecule has 2 heterocycles. The van der Waals surface area contributed by atoms with Crippen LogP contribution in [0.15, 0.2) is 0 Å². The summed E-state index contributed by atoms with van der Waals surface area (Å²) >= 11 is 0. The van der Waals surface area contributed by atoms with Gasteiger partial charge in [-0.1, -0.05) is 32.8 Å². The highest BCUT2D eigenvalue weighted by Crippen LogP contribution is 2.53. The number of ether oxygens (including phenoxy) is 2. The van der Waals surface area contributed by atoms with Crippen LogP contribution in [0.2, 0.25) is 0 Å². The van der Waals surface area contributed by atoms with Crippen molar-refractivity contribution in [2.45, 2.75) is 84.1 Å². The van der Waals surface area contributed by atoms with Gasteiger partial charge in [0, 0.05) is 17.8 Å². The molecule has 3 N–H and O–H groups in total. The Balaban J connectivity index is 2.35. The summed E-state index contributed by atoms with van der Waals surface area (Å²) in [6, 6.07) is 0. The van der Waals surface area contributed by atoms with Gasteiger partial charge < -0.3 is 19.8 Å². The Morgan fingerprint density at radius 1 is 1.09 bits per heavy atom. The summed E-state index contributed by atoms with van der Waals surface area (Å²) in [4.78, 5) is 0. The average Bonchev–Trinajstić information content (AvgIpc) is 2.59. The lowest BCUT2D eigenvalue weighted by atomic mass is 9.67. The Morgan fingerprint density at radius 3 is 2.04 bits per heavy atom. The summed E-state index contributed by atoms with van der Waals surface area (Å²) < 4.78 is 12.7. The molecule has 0 aliphatic carbocycles. The SMILES string of the molecule is CCC1(CO)COC2(CC(C)(CC)N([OH2+])C(C)(CC)C2C)OC1. The quantitative estimate of drug-likeness (QED) is 0.804. The molecule has 2 aliphatic heterocycles. The predicted octanol–water partition coefficient (Wildman–Crippen LogP) is 2.44. The van der Waals surface area contributed by atoms with Crippen molar-refractivity contribution in [1.29, 1.82) is 0 Å². The van der Waals surface area contributed by atoms with E-state index in [9.17, 15) is 5.11 Å². The molecule has 136 valence electrons. The summed E-state index contributed by atoms with van der Waals surface area (Å²) in [6.45, 7) is 13.9. The van der Waals surface area contributed by atoms with Gasteiger partial charge >= 0.3 is 0 Å². The van der Waals surface area contributed by atoms with Gasteiger partial charge in [0.05, 0.1) is 30.9 Å². The predicted molar refractivity (Wildman–Crippen MR) is 91.1 cm³/mol. The van der Waals surface area contributed by atoms with Gasteiger partial charge in [-0.05, 0) is 33.1 Å². The Hall–Kier alpha value is -0.200. The number of piperidine rings is 1. The zero-order valence-corrected chi connectivity index (χ0v) is 15.7. The second-order valence-corrected chi connectivity index (χ2v) is 8.20. The Morgan fingerprint density at radius 2 is 1.65 bits per heavy atom. The van der Waals surface area contributed by atoms with Crippen LogP contribution in [0.5, 0.6) is 0 Å². The van der Waals surface area contributed by atoms with E-state index in [-0.39, 0.29) is 29.0 Å². The lowest BCUT2D eigenvalue weighted by molar-refractivity contribution is -0.403. The first kappa shape index (κ1) is 19.1. The first-order valence-corrected chi connectivity index (χ1v) is 9.08. The Bertz CT molecular complexity index is 415. The van der Waals surface area contributed by atoms with Gasteiger partial charge in [-0.25, -0.2) is 0 Å². The third-order valence-corrected chi connectivity index (χ3v) is 7.08. The van der Waals surface area contributed by atoms with Crippen molar-refractivity contribution in [2.75, 3.05) is 19.8 Å². The zero-order valence-electron chi connectivity index (χ0n) is 15.7. The molecule has 0 bridgehead atoms. The van der Waals surface area contributed by atoms with Crippen molar-refractivity contribution in [3.8, 4) is 0 Å². The third-order valence-electron chi connectivity index (χ3n) is 7.08. The molecule has 0 radical (unpaired) electrons. The molecule has 0 aromatic heterocycles. The molecule has 5 heteroatoms. The van der Waals surface area contributed by atoms with Crippen LogP contribution < -0.4 is 0 Å². The van der Waals surface area contributed by atoms with E-state index in [0.29, 0.717) is 19.6 Å². The minimum atomic E-state index is -0.652. The van der Waals surface area contributed by atoms with Crippen LogP contribution in [0.4, 0.5) is 0 Å². The monoisotopic (exact) mass is 330 g/mol. The molecule has 1 spiro atoms. The van der Waals surface area contributed by atoms with E-state index in [1.807, 2.05) is 0 Å². The van der Waals surface area contributed by atoms with Crippen LogP contribution >= 0.6 is 0 Å². The summed E-state index contributed by atoms with van der Waals surface area (Å²) in [7, 11) is 0. The molecule has 3 atom stereocenters. The first-order chi connectivity index (χ1) is 10.7. The van der Waals surface area contributed by atoms with Gasteiger partial charge in [0.25, 0.3) is 0 Å². The Labute approximate surface area is 140 Å². The number of aliphatic hydroxyl groups is 1. The second-order valence-electron chi connectivity index (χ2n) is 8.20. The van der Waals surface area contributed by atoms with Gasteiger partial charge in [0.1, 0.15) is 0 Å². The molecule has 0 amide bonds. The van der Waals surface area contributed by atoms with Crippen LogP contribution in [0, 0.1) is 11.3 Å². The van der Waals surface area contributed by atoms with Gasteiger partial charge in [-0.2, -0.15) is 0 Å². The minimum absolute atomic E-state index is 0.0886. The van der Waals surface area contributed by atoms with Crippen LogP contribution in [-0.2, 0) is 9.47 Å². The van der Waals surface area contributed by atoms with Crippen LogP contribution in [0.25, 0.3) is 0 Å². The van der Waals surface area contributed by atoms with Gasteiger partial charge in [0.15, 0.2) is 5.79 Å². The number of hydrogen-bond acceptors (Lipinski definition) is 4. The summed E-state index contributed by atoms with van der Waals surface area (Å²) in [5, 5.41) is 20.3. The smallest absolute Gasteiger partial charge is 0.174 e. The maximum absolute atomic E-state index is 9.74. The minimum Gasteiger partial charge on any atom is -0.396 e. The highest BCUT2D eigenvalue weighted by molar-refractivity contribution is 5.08. The maximum atomic E-state index is 9.74. The van der Waals surface area contributed by atoms with Crippen molar-refractivity contribution >= 4 is 0 Å². The average molecular weight is 330 g/mol. The molecule has 0 aromatic carbocycles. The normalized spacial score (nSPS) is 48.8. The molecule has 2 aliphatic rings. The molecule has 0 saturated carbocycles. The summed E-state index contributed by atoms with van der Waals surface area (Å²) in [5.41, 5.74) is -0.856. The highest BCUT2D eigenvalue weighted by atomic mass is 16.7. The topological polar surface area (TPSA) is 64.8 Å². The van der Waals surface area contributed by atoms with Crippen molar-refractivity contribution in [3.05, 3.63) is 0 Å². The highest BCUT2D eigenvalue weighted by Gasteiger charge is 2.65. The summed E-state index contributed by atoms with van der Waals surface area (Å²) in [6.07, 6.45) is 3.30. The first-order valence-electron chi connectivity index (χ1n) is 9.08. The lowest BCUT2D eigenvalue weighted by Crippen LogP contribution is -2.73. The molecule has 2 saturated heterocycles. The van der Waals surface area contributed by atoms with Crippen LogP contribution in [0.3, 0.4) is 0 Å². The van der Waals surface area contributed by atoms with Gasteiger partial charge in [0.2, 0.25) is 0 Å². The van der Waals surface area contributed by atoms with Crippen LogP contribution in [-0.4, -0.2) is 52.1 Å². The molecule has 2 rings (SSSR count).